The first kappa shape index (κ1) is 13.0. The lowest BCUT2D eigenvalue weighted by atomic mass is 10.2. The van der Waals surface area contributed by atoms with Gasteiger partial charge < -0.3 is 10.1 Å². The Morgan fingerprint density at radius 1 is 1.38 bits per heavy atom. The highest BCUT2D eigenvalue weighted by molar-refractivity contribution is 5.29. The molecule has 0 saturated carbocycles. The van der Waals surface area contributed by atoms with E-state index in [9.17, 15) is 0 Å². The Bertz CT molecular complexity index is 326. The van der Waals surface area contributed by atoms with Crippen molar-refractivity contribution in [2.75, 3.05) is 13.1 Å². The van der Waals surface area contributed by atoms with Crippen LogP contribution < -0.4 is 10.1 Å². The van der Waals surface area contributed by atoms with Crippen molar-refractivity contribution >= 4 is 0 Å². The molecule has 90 valence electrons. The van der Waals surface area contributed by atoms with Gasteiger partial charge in [-0.15, -0.1) is 0 Å². The zero-order valence-electron chi connectivity index (χ0n) is 10.7. The van der Waals surface area contributed by atoms with Crippen molar-refractivity contribution in [2.24, 2.45) is 0 Å². The fourth-order valence-electron chi connectivity index (χ4n) is 1.56. The van der Waals surface area contributed by atoms with Gasteiger partial charge in [0.15, 0.2) is 0 Å². The smallest absolute Gasteiger partial charge is 0.141 e. The van der Waals surface area contributed by atoms with E-state index < -0.39 is 0 Å². The first-order valence-electron chi connectivity index (χ1n) is 6.01. The molecule has 1 heterocycles. The summed E-state index contributed by atoms with van der Waals surface area (Å²) in [7, 11) is 0. The minimum absolute atomic E-state index is 0.176. The molecule has 0 fully saturated rings. The Kier molecular flexibility index (Phi) is 5.26. The summed E-state index contributed by atoms with van der Waals surface area (Å²) >= 11 is 0. The molecular weight excluding hydrogens is 200 g/mol. The zero-order chi connectivity index (χ0) is 12.0. The summed E-state index contributed by atoms with van der Waals surface area (Å²) in [5.41, 5.74) is 2.09. The van der Waals surface area contributed by atoms with E-state index in [-0.39, 0.29) is 6.10 Å². The van der Waals surface area contributed by atoms with Gasteiger partial charge in [0.25, 0.3) is 0 Å². The maximum atomic E-state index is 5.87. The molecule has 0 aliphatic heterocycles. The van der Waals surface area contributed by atoms with E-state index in [0.29, 0.717) is 0 Å². The molecule has 1 unspecified atom stereocenters. The molecule has 1 rings (SSSR count). The van der Waals surface area contributed by atoms with Crippen molar-refractivity contribution in [3.8, 4) is 5.75 Å². The molecule has 0 radical (unpaired) electrons. The highest BCUT2D eigenvalue weighted by atomic mass is 16.5. The summed E-state index contributed by atoms with van der Waals surface area (Å²) in [6.07, 6.45) is 1.08. The number of pyridine rings is 1. The molecule has 1 N–H and O–H groups in total. The SMILES string of the molecule is CCNCC(C)Oc1ccc(C)nc1CC. The fourth-order valence-corrected chi connectivity index (χ4v) is 1.56. The Morgan fingerprint density at radius 2 is 2.12 bits per heavy atom. The van der Waals surface area contributed by atoms with E-state index in [1.54, 1.807) is 0 Å². The van der Waals surface area contributed by atoms with Gasteiger partial charge >= 0.3 is 0 Å². The predicted octanol–water partition coefficient (Wildman–Crippen LogP) is 2.33. The third-order valence-electron chi connectivity index (χ3n) is 2.42. The second-order valence-electron chi connectivity index (χ2n) is 3.99. The molecule has 1 aromatic rings. The van der Waals surface area contributed by atoms with Gasteiger partial charge in [-0.2, -0.15) is 0 Å². The summed E-state index contributed by atoms with van der Waals surface area (Å²) in [5, 5.41) is 3.27. The predicted molar refractivity (Wildman–Crippen MR) is 67.0 cm³/mol. The molecule has 1 aromatic heterocycles. The number of aromatic nitrogens is 1. The summed E-state index contributed by atoms with van der Waals surface area (Å²) in [6.45, 7) is 10.1. The summed E-state index contributed by atoms with van der Waals surface area (Å²) in [6, 6.07) is 4.01. The molecule has 3 nitrogen and oxygen atoms in total. The van der Waals surface area contributed by atoms with Crippen molar-refractivity contribution in [1.29, 1.82) is 0 Å². The van der Waals surface area contributed by atoms with E-state index in [0.717, 1.165) is 36.6 Å². The van der Waals surface area contributed by atoms with Crippen molar-refractivity contribution in [1.82, 2.24) is 10.3 Å². The Balaban J connectivity index is 2.65. The average Bonchev–Trinajstić information content (AvgIpc) is 2.28. The lowest BCUT2D eigenvalue weighted by molar-refractivity contribution is 0.215. The van der Waals surface area contributed by atoms with Crippen LogP contribution in [0.1, 0.15) is 32.2 Å². The number of nitrogens with one attached hydrogen (secondary N) is 1. The second-order valence-corrected chi connectivity index (χ2v) is 3.99. The van der Waals surface area contributed by atoms with Gasteiger partial charge in [0.1, 0.15) is 11.9 Å². The summed E-state index contributed by atoms with van der Waals surface area (Å²) < 4.78 is 5.87. The van der Waals surface area contributed by atoms with Crippen LogP contribution in [0.3, 0.4) is 0 Å². The largest absolute Gasteiger partial charge is 0.487 e. The number of rotatable bonds is 6. The van der Waals surface area contributed by atoms with Crippen molar-refractivity contribution in [3.05, 3.63) is 23.5 Å². The molecule has 16 heavy (non-hydrogen) atoms. The molecule has 0 aliphatic rings. The standard InChI is InChI=1S/C13H22N2O/c1-5-12-13(8-7-10(3)15-12)16-11(4)9-14-6-2/h7-8,11,14H,5-6,9H2,1-4H3. The number of likely N-dealkylation sites (N-methyl/N-ethyl adjacent to an activating group) is 1. The van der Waals surface area contributed by atoms with Gasteiger partial charge in [0.2, 0.25) is 0 Å². The van der Waals surface area contributed by atoms with E-state index in [1.807, 2.05) is 19.1 Å². The molecule has 0 saturated heterocycles. The van der Waals surface area contributed by atoms with Gasteiger partial charge in [-0.05, 0) is 38.9 Å². The minimum atomic E-state index is 0.176. The van der Waals surface area contributed by atoms with Crippen molar-refractivity contribution < 1.29 is 4.74 Å². The quantitative estimate of drug-likeness (QED) is 0.802. The maximum absolute atomic E-state index is 5.87. The minimum Gasteiger partial charge on any atom is -0.487 e. The Labute approximate surface area is 98.2 Å². The number of hydrogen-bond acceptors (Lipinski definition) is 3. The maximum Gasteiger partial charge on any atom is 0.141 e. The number of aryl methyl sites for hydroxylation is 2. The van der Waals surface area contributed by atoms with E-state index >= 15 is 0 Å². The molecule has 0 bridgehead atoms. The van der Waals surface area contributed by atoms with E-state index in [4.69, 9.17) is 4.74 Å². The topological polar surface area (TPSA) is 34.1 Å². The third-order valence-corrected chi connectivity index (χ3v) is 2.42. The monoisotopic (exact) mass is 222 g/mol. The van der Waals surface area contributed by atoms with Gasteiger partial charge in [0.05, 0.1) is 5.69 Å². The molecule has 1 atom stereocenters. The third kappa shape index (κ3) is 3.81. The molecule has 0 aliphatic carbocycles. The van der Waals surface area contributed by atoms with Crippen molar-refractivity contribution in [3.63, 3.8) is 0 Å². The van der Waals surface area contributed by atoms with Crippen LogP contribution in [0, 0.1) is 6.92 Å². The van der Waals surface area contributed by atoms with Crippen LogP contribution in [0.5, 0.6) is 5.75 Å². The molecule has 0 aromatic carbocycles. The van der Waals surface area contributed by atoms with Gasteiger partial charge in [-0.3, -0.25) is 4.98 Å². The first-order valence-corrected chi connectivity index (χ1v) is 6.01. The molecular formula is C13H22N2O. The second kappa shape index (κ2) is 6.48. The van der Waals surface area contributed by atoms with Gasteiger partial charge in [-0.1, -0.05) is 13.8 Å². The van der Waals surface area contributed by atoms with Crippen LogP contribution in [0.2, 0.25) is 0 Å². The average molecular weight is 222 g/mol. The zero-order valence-corrected chi connectivity index (χ0v) is 10.7. The van der Waals surface area contributed by atoms with E-state index in [1.165, 1.54) is 0 Å². The van der Waals surface area contributed by atoms with Crippen LogP contribution in [-0.4, -0.2) is 24.2 Å². The number of hydrogen-bond donors (Lipinski definition) is 1. The van der Waals surface area contributed by atoms with E-state index in [2.05, 4.69) is 31.1 Å². The molecule has 3 heteroatoms. The van der Waals surface area contributed by atoms with Crippen molar-refractivity contribution in [2.45, 2.75) is 40.2 Å². The van der Waals surface area contributed by atoms with Crippen LogP contribution in [-0.2, 0) is 6.42 Å². The van der Waals surface area contributed by atoms with Crippen LogP contribution >= 0.6 is 0 Å². The highest BCUT2D eigenvalue weighted by Crippen LogP contribution is 2.18. The van der Waals surface area contributed by atoms with Gasteiger partial charge in [0, 0.05) is 12.2 Å². The van der Waals surface area contributed by atoms with Gasteiger partial charge in [-0.25, -0.2) is 0 Å². The highest BCUT2D eigenvalue weighted by Gasteiger charge is 2.08. The Morgan fingerprint density at radius 3 is 2.75 bits per heavy atom. The van der Waals surface area contributed by atoms with Crippen LogP contribution in [0.4, 0.5) is 0 Å². The van der Waals surface area contributed by atoms with Crippen LogP contribution in [0.25, 0.3) is 0 Å². The van der Waals surface area contributed by atoms with Crippen LogP contribution in [0.15, 0.2) is 12.1 Å². The number of nitrogens with zero attached hydrogens (tertiary/aromatic N) is 1. The molecule has 0 amide bonds. The summed E-state index contributed by atoms with van der Waals surface area (Å²) in [4.78, 5) is 4.48. The fraction of sp³-hybridized carbons (Fsp3) is 0.615. The Hall–Kier alpha value is -1.09. The molecule has 0 spiro atoms. The lowest BCUT2D eigenvalue weighted by Gasteiger charge is -2.17. The first-order chi connectivity index (χ1) is 7.67. The summed E-state index contributed by atoms with van der Waals surface area (Å²) in [5.74, 6) is 0.915. The number of ether oxygens (including phenoxy) is 1. The lowest BCUT2D eigenvalue weighted by Crippen LogP contribution is -2.29. The normalized spacial score (nSPS) is 12.5.